The van der Waals surface area contributed by atoms with Gasteiger partial charge in [-0.2, -0.15) is 0 Å². The summed E-state index contributed by atoms with van der Waals surface area (Å²) in [6.07, 6.45) is 23.8. The summed E-state index contributed by atoms with van der Waals surface area (Å²) in [6, 6.07) is 9.18. The molecule has 0 atom stereocenters. The van der Waals surface area contributed by atoms with Gasteiger partial charge in [0.15, 0.2) is 17.2 Å². The van der Waals surface area contributed by atoms with Crippen LogP contribution in [0, 0.1) is 0 Å². The average molecular weight is 622 g/mol. The maximum Gasteiger partial charge on any atom is 0.235 e. The third-order valence-corrected chi connectivity index (χ3v) is 8.50. The van der Waals surface area contributed by atoms with Crippen molar-refractivity contribution in [2.45, 2.75) is 103 Å². The van der Waals surface area contributed by atoms with Gasteiger partial charge in [-0.3, -0.25) is 4.79 Å². The number of allylic oxidation sites excluding steroid dienone is 1. The maximum atomic E-state index is 13.8. The fraction of sp³-hybridized carbons (Fsp3) is 0.553. The second kappa shape index (κ2) is 19.7. The van der Waals surface area contributed by atoms with Crippen LogP contribution in [-0.4, -0.2) is 40.1 Å². The molecule has 0 spiro atoms. The molecule has 0 aliphatic rings. The molecular weight excluding hydrogens is 566 g/mol. The number of aromatic nitrogens is 1. The van der Waals surface area contributed by atoms with Gasteiger partial charge >= 0.3 is 0 Å². The van der Waals surface area contributed by atoms with Crippen LogP contribution in [0.4, 0.5) is 0 Å². The number of methoxy groups -OCH3 is 5. The van der Waals surface area contributed by atoms with Gasteiger partial charge in [-0.15, -0.1) is 0 Å². The molecule has 7 nitrogen and oxygen atoms in total. The molecule has 0 amide bonds. The number of nitrogens with zero attached hydrogens (tertiary/aromatic N) is 1. The van der Waals surface area contributed by atoms with Crippen LogP contribution in [-0.2, 0) is 0 Å². The Hall–Kier alpha value is -3.61. The van der Waals surface area contributed by atoms with Crippen molar-refractivity contribution in [2.24, 2.45) is 0 Å². The molecule has 0 fully saturated rings. The number of ether oxygens (including phenoxy) is 5. The third-order valence-electron chi connectivity index (χ3n) is 8.50. The van der Waals surface area contributed by atoms with Gasteiger partial charge in [-0.25, -0.2) is 0 Å². The number of fused-ring (bicyclic) bond motifs is 1. The Balaban J connectivity index is 1.74. The van der Waals surface area contributed by atoms with Crippen LogP contribution in [0.2, 0.25) is 0 Å². The summed E-state index contributed by atoms with van der Waals surface area (Å²) in [5.74, 6) is 2.41. The number of hydrogen-bond acceptors (Lipinski definition) is 6. The number of pyridine rings is 1. The molecule has 0 saturated carbocycles. The summed E-state index contributed by atoms with van der Waals surface area (Å²) >= 11 is 0. The Labute approximate surface area is 270 Å². The quantitative estimate of drug-likeness (QED) is 0.104. The standard InChI is InChI=1S/C38H55NO6/c1-7-8-9-10-11-12-13-14-15-16-17-18-19-20-21-22-25-39-31-27-30(41-2)28-34(44-5)35(31)37(40)38(45-6)36(39)29-23-24-32(42-3)33(26-29)43-4/h22-28H,7-21H2,1-6H3. The molecule has 0 saturated heterocycles. The first-order valence-corrected chi connectivity index (χ1v) is 16.8. The first kappa shape index (κ1) is 35.9. The molecule has 1 aromatic heterocycles. The van der Waals surface area contributed by atoms with Crippen LogP contribution in [0.15, 0.2) is 41.2 Å². The van der Waals surface area contributed by atoms with Gasteiger partial charge in [-0.05, 0) is 31.0 Å². The lowest BCUT2D eigenvalue weighted by Crippen LogP contribution is -2.14. The number of unbranched alkanes of at least 4 members (excludes halogenated alkanes) is 14. The minimum Gasteiger partial charge on any atom is -0.497 e. The minimum atomic E-state index is -0.256. The molecular formula is C38H55NO6. The topological polar surface area (TPSA) is 68.2 Å². The average Bonchev–Trinajstić information content (AvgIpc) is 3.07. The van der Waals surface area contributed by atoms with Crippen molar-refractivity contribution in [3.8, 4) is 40.0 Å². The highest BCUT2D eigenvalue weighted by molar-refractivity contribution is 5.93. The molecule has 248 valence electrons. The molecule has 0 N–H and O–H groups in total. The van der Waals surface area contributed by atoms with E-state index >= 15 is 0 Å². The molecule has 1 heterocycles. The van der Waals surface area contributed by atoms with Gasteiger partial charge in [0.1, 0.15) is 11.5 Å². The van der Waals surface area contributed by atoms with Crippen LogP contribution in [0.3, 0.4) is 0 Å². The fourth-order valence-corrected chi connectivity index (χ4v) is 5.96. The highest BCUT2D eigenvalue weighted by Crippen LogP contribution is 2.39. The Morgan fingerprint density at radius 2 is 1.20 bits per heavy atom. The Bertz CT molecular complexity index is 1410. The Kier molecular flexibility index (Phi) is 15.7. The largest absolute Gasteiger partial charge is 0.497 e. The van der Waals surface area contributed by atoms with E-state index in [2.05, 4.69) is 13.0 Å². The SMILES string of the molecule is CCCCCCCCCCCCCCCCC=Cn1c(-c2ccc(OC)c(OC)c2)c(OC)c(=O)c2c(OC)cc(OC)cc21. The third kappa shape index (κ3) is 9.94. The summed E-state index contributed by atoms with van der Waals surface area (Å²) < 4.78 is 30.0. The number of benzene rings is 2. The molecule has 45 heavy (non-hydrogen) atoms. The normalized spacial score (nSPS) is 11.3. The molecule has 0 aliphatic carbocycles. The van der Waals surface area contributed by atoms with Crippen molar-refractivity contribution in [1.82, 2.24) is 4.57 Å². The molecule has 0 radical (unpaired) electrons. The zero-order chi connectivity index (χ0) is 32.4. The van der Waals surface area contributed by atoms with Crippen LogP contribution in [0.1, 0.15) is 103 Å². The van der Waals surface area contributed by atoms with Crippen molar-refractivity contribution in [3.05, 3.63) is 46.6 Å². The second-order valence-corrected chi connectivity index (χ2v) is 11.6. The van der Waals surface area contributed by atoms with E-state index in [0.717, 1.165) is 18.4 Å². The first-order valence-electron chi connectivity index (χ1n) is 16.8. The van der Waals surface area contributed by atoms with Gasteiger partial charge in [-0.1, -0.05) is 96.5 Å². The monoisotopic (exact) mass is 621 g/mol. The molecule has 2 aromatic carbocycles. The lowest BCUT2D eigenvalue weighted by Gasteiger charge is -2.20. The van der Waals surface area contributed by atoms with Crippen LogP contribution in [0.25, 0.3) is 28.4 Å². The van der Waals surface area contributed by atoms with E-state index in [1.54, 1.807) is 34.5 Å². The Morgan fingerprint density at radius 1 is 0.622 bits per heavy atom. The first-order chi connectivity index (χ1) is 22.0. The van der Waals surface area contributed by atoms with Crippen molar-refractivity contribution >= 4 is 17.1 Å². The molecule has 0 aliphatic heterocycles. The lowest BCUT2D eigenvalue weighted by atomic mass is 10.0. The van der Waals surface area contributed by atoms with Crippen LogP contribution in [0.5, 0.6) is 28.7 Å². The maximum absolute atomic E-state index is 13.8. The van der Waals surface area contributed by atoms with Gasteiger partial charge in [0.2, 0.25) is 5.43 Å². The van der Waals surface area contributed by atoms with E-state index in [0.29, 0.717) is 39.6 Å². The van der Waals surface area contributed by atoms with Crippen molar-refractivity contribution in [3.63, 3.8) is 0 Å². The number of hydrogen-bond donors (Lipinski definition) is 0. The number of rotatable bonds is 22. The predicted octanol–water partition coefficient (Wildman–Crippen LogP) is 10.1. The van der Waals surface area contributed by atoms with E-state index < -0.39 is 0 Å². The van der Waals surface area contributed by atoms with Crippen LogP contribution >= 0.6 is 0 Å². The van der Waals surface area contributed by atoms with Crippen LogP contribution < -0.4 is 29.1 Å². The summed E-state index contributed by atoms with van der Waals surface area (Å²) in [5.41, 5.74) is 1.78. The molecule has 7 heteroatoms. The predicted molar refractivity (Wildman–Crippen MR) is 187 cm³/mol. The zero-order valence-electron chi connectivity index (χ0n) is 28.5. The summed E-state index contributed by atoms with van der Waals surface area (Å²) in [4.78, 5) is 13.8. The lowest BCUT2D eigenvalue weighted by molar-refractivity contribution is 0.355. The van der Waals surface area contributed by atoms with E-state index in [9.17, 15) is 4.79 Å². The highest BCUT2D eigenvalue weighted by atomic mass is 16.5. The van der Waals surface area contributed by atoms with Crippen molar-refractivity contribution < 1.29 is 23.7 Å². The second-order valence-electron chi connectivity index (χ2n) is 11.6. The van der Waals surface area contributed by atoms with Gasteiger partial charge in [0.05, 0.1) is 52.1 Å². The molecule has 0 unspecified atom stereocenters. The van der Waals surface area contributed by atoms with E-state index in [1.807, 2.05) is 35.0 Å². The summed E-state index contributed by atoms with van der Waals surface area (Å²) in [6.45, 7) is 2.28. The van der Waals surface area contributed by atoms with Gasteiger partial charge in [0.25, 0.3) is 0 Å². The van der Waals surface area contributed by atoms with Gasteiger partial charge in [0, 0.05) is 23.9 Å². The molecule has 3 aromatic rings. The fourth-order valence-electron chi connectivity index (χ4n) is 5.96. The van der Waals surface area contributed by atoms with Gasteiger partial charge < -0.3 is 28.3 Å². The highest BCUT2D eigenvalue weighted by Gasteiger charge is 2.23. The molecule has 3 rings (SSSR count). The summed E-state index contributed by atoms with van der Waals surface area (Å²) in [7, 11) is 7.87. The van der Waals surface area contributed by atoms with Crippen molar-refractivity contribution in [1.29, 1.82) is 0 Å². The van der Waals surface area contributed by atoms with E-state index in [4.69, 9.17) is 23.7 Å². The van der Waals surface area contributed by atoms with Crippen molar-refractivity contribution in [2.75, 3.05) is 35.5 Å². The minimum absolute atomic E-state index is 0.222. The summed E-state index contributed by atoms with van der Waals surface area (Å²) in [5, 5.41) is 0.431. The Morgan fingerprint density at radius 3 is 1.73 bits per heavy atom. The zero-order valence-corrected chi connectivity index (χ0v) is 28.5. The smallest absolute Gasteiger partial charge is 0.235 e. The molecule has 0 bridgehead atoms. The van der Waals surface area contributed by atoms with E-state index in [1.165, 1.54) is 90.6 Å². The van der Waals surface area contributed by atoms with E-state index in [-0.39, 0.29) is 11.2 Å².